The first kappa shape index (κ1) is 16.8. The second-order valence-corrected chi connectivity index (χ2v) is 9.12. The standard InChI is InChI=1S/C19H24N4O2S/c1-26-17-21-10-13(9-20)16(23-17)22-11-18-6-12-4-14(7-18)19(15(5-12)8-18)24-2-3-25-19/h10,12,14-15H,2-8,11H2,1H3,(H,21,22,23)/t12?,14-,15+,18+. The molecule has 1 unspecified atom stereocenters. The summed E-state index contributed by atoms with van der Waals surface area (Å²) in [6, 6.07) is 2.21. The smallest absolute Gasteiger partial charge is 0.189 e. The summed E-state index contributed by atoms with van der Waals surface area (Å²) in [5, 5.41) is 13.6. The second kappa shape index (κ2) is 6.08. The summed E-state index contributed by atoms with van der Waals surface area (Å²) >= 11 is 1.50. The van der Waals surface area contributed by atoms with Crippen molar-refractivity contribution < 1.29 is 9.47 Å². The predicted molar refractivity (Wildman–Crippen MR) is 97.6 cm³/mol. The fourth-order valence-electron chi connectivity index (χ4n) is 6.17. The molecule has 1 aromatic heterocycles. The van der Waals surface area contributed by atoms with E-state index in [1.165, 1.54) is 31.0 Å². The first-order valence-electron chi connectivity index (χ1n) is 9.49. The molecule has 1 aromatic rings. The van der Waals surface area contributed by atoms with E-state index in [2.05, 4.69) is 21.4 Å². The van der Waals surface area contributed by atoms with E-state index >= 15 is 0 Å². The molecule has 26 heavy (non-hydrogen) atoms. The molecule has 1 N–H and O–H groups in total. The molecule has 138 valence electrons. The van der Waals surface area contributed by atoms with E-state index in [1.807, 2.05) is 6.26 Å². The Kier molecular flexibility index (Phi) is 3.93. The maximum Gasteiger partial charge on any atom is 0.189 e. The largest absolute Gasteiger partial charge is 0.368 e. The minimum atomic E-state index is -0.292. The van der Waals surface area contributed by atoms with Crippen molar-refractivity contribution in [3.8, 4) is 6.07 Å². The number of ether oxygens (including phenoxy) is 2. The van der Waals surface area contributed by atoms with Crippen LogP contribution in [0.25, 0.3) is 0 Å². The van der Waals surface area contributed by atoms with Gasteiger partial charge in [0.1, 0.15) is 17.5 Å². The third kappa shape index (κ3) is 2.46. The number of aromatic nitrogens is 2. The van der Waals surface area contributed by atoms with E-state index in [0.29, 0.717) is 28.4 Å². The monoisotopic (exact) mass is 372 g/mol. The van der Waals surface area contributed by atoms with E-state index in [9.17, 15) is 5.26 Å². The number of thioether (sulfide) groups is 1. The Morgan fingerprint density at radius 2 is 2.00 bits per heavy atom. The predicted octanol–water partition coefficient (Wildman–Crippen LogP) is 3.05. The number of nitrogens with zero attached hydrogens (tertiary/aromatic N) is 3. The van der Waals surface area contributed by atoms with E-state index in [-0.39, 0.29) is 11.2 Å². The van der Waals surface area contributed by atoms with E-state index in [0.717, 1.165) is 38.5 Å². The van der Waals surface area contributed by atoms with Gasteiger partial charge >= 0.3 is 0 Å². The molecule has 1 aliphatic heterocycles. The van der Waals surface area contributed by atoms with E-state index in [1.54, 1.807) is 6.20 Å². The molecule has 0 radical (unpaired) electrons. The number of rotatable bonds is 4. The Morgan fingerprint density at radius 3 is 2.65 bits per heavy atom. The summed E-state index contributed by atoms with van der Waals surface area (Å²) < 4.78 is 12.4. The lowest BCUT2D eigenvalue weighted by molar-refractivity contribution is -0.301. The van der Waals surface area contributed by atoms with Gasteiger partial charge in [0.2, 0.25) is 0 Å². The van der Waals surface area contributed by atoms with Crippen LogP contribution in [0.3, 0.4) is 0 Å². The van der Waals surface area contributed by atoms with Crippen molar-refractivity contribution in [2.45, 2.75) is 43.0 Å². The Morgan fingerprint density at radius 1 is 1.27 bits per heavy atom. The zero-order valence-electron chi connectivity index (χ0n) is 15.0. The fourth-order valence-corrected chi connectivity index (χ4v) is 6.51. The summed E-state index contributed by atoms with van der Waals surface area (Å²) in [5.41, 5.74) is 0.792. The summed E-state index contributed by atoms with van der Waals surface area (Å²) in [6.45, 7) is 2.35. The summed E-state index contributed by atoms with van der Waals surface area (Å²) in [6.07, 6.45) is 9.62. The molecule has 4 saturated carbocycles. The van der Waals surface area contributed by atoms with Crippen LogP contribution in [-0.2, 0) is 9.47 Å². The van der Waals surface area contributed by atoms with Crippen molar-refractivity contribution in [3.63, 3.8) is 0 Å². The average molecular weight is 372 g/mol. The van der Waals surface area contributed by atoms with Crippen LogP contribution in [0, 0.1) is 34.5 Å². The third-order valence-electron chi connectivity index (χ3n) is 6.89. The summed E-state index contributed by atoms with van der Waals surface area (Å²) in [4.78, 5) is 8.73. The molecule has 1 saturated heterocycles. The van der Waals surface area contributed by atoms with Gasteiger partial charge in [-0.05, 0) is 49.7 Å². The molecular weight excluding hydrogens is 348 g/mol. The van der Waals surface area contributed by atoms with Crippen molar-refractivity contribution in [1.29, 1.82) is 5.26 Å². The minimum absolute atomic E-state index is 0.272. The molecule has 1 spiro atoms. The average Bonchev–Trinajstić information content (AvgIpc) is 3.15. The molecule has 5 fully saturated rings. The summed E-state index contributed by atoms with van der Waals surface area (Å²) in [7, 11) is 0. The Bertz CT molecular complexity index is 740. The van der Waals surface area contributed by atoms with Gasteiger partial charge in [-0.2, -0.15) is 5.26 Å². The van der Waals surface area contributed by atoms with Gasteiger partial charge in [0.15, 0.2) is 10.9 Å². The molecule has 4 aliphatic carbocycles. The number of anilines is 1. The van der Waals surface area contributed by atoms with Crippen molar-refractivity contribution in [2.75, 3.05) is 31.3 Å². The molecule has 0 amide bonds. The van der Waals surface area contributed by atoms with Crippen LogP contribution in [0.15, 0.2) is 11.4 Å². The van der Waals surface area contributed by atoms with Crippen LogP contribution in [0.4, 0.5) is 5.82 Å². The Hall–Kier alpha value is -1.36. The molecule has 6 nitrogen and oxygen atoms in total. The van der Waals surface area contributed by atoms with Crippen LogP contribution >= 0.6 is 11.8 Å². The molecule has 4 bridgehead atoms. The minimum Gasteiger partial charge on any atom is -0.368 e. The van der Waals surface area contributed by atoms with E-state index in [4.69, 9.17) is 9.47 Å². The van der Waals surface area contributed by atoms with Crippen molar-refractivity contribution in [3.05, 3.63) is 11.8 Å². The first-order valence-corrected chi connectivity index (χ1v) is 10.7. The van der Waals surface area contributed by atoms with Crippen LogP contribution in [0.1, 0.15) is 37.7 Å². The fraction of sp³-hybridized carbons (Fsp3) is 0.737. The quantitative estimate of drug-likeness (QED) is 0.643. The molecule has 4 atom stereocenters. The highest BCUT2D eigenvalue weighted by Crippen LogP contribution is 2.65. The zero-order chi connectivity index (χ0) is 17.8. The highest BCUT2D eigenvalue weighted by Gasteiger charge is 2.64. The normalized spacial score (nSPS) is 36.4. The van der Waals surface area contributed by atoms with Crippen LogP contribution in [0.5, 0.6) is 0 Å². The molecule has 5 aliphatic rings. The van der Waals surface area contributed by atoms with Crippen LogP contribution in [0.2, 0.25) is 0 Å². The SMILES string of the molecule is CSc1ncc(C#N)c(NC[C@@]23CC4C[C@H](C2)C2(OCCO2)[C@@H](C4)C3)n1. The molecule has 7 heteroatoms. The molecule has 0 aromatic carbocycles. The van der Waals surface area contributed by atoms with Crippen molar-refractivity contribution >= 4 is 17.6 Å². The number of nitrogens with one attached hydrogen (secondary N) is 1. The second-order valence-electron chi connectivity index (χ2n) is 8.35. The van der Waals surface area contributed by atoms with Gasteiger partial charge < -0.3 is 14.8 Å². The lowest BCUT2D eigenvalue weighted by Gasteiger charge is -2.63. The molecular formula is C19H24N4O2S. The van der Waals surface area contributed by atoms with Gasteiger partial charge in [0, 0.05) is 18.4 Å². The summed E-state index contributed by atoms with van der Waals surface area (Å²) in [5.74, 6) is 2.20. The van der Waals surface area contributed by atoms with E-state index < -0.39 is 0 Å². The van der Waals surface area contributed by atoms with Gasteiger partial charge in [0.25, 0.3) is 0 Å². The maximum atomic E-state index is 9.37. The van der Waals surface area contributed by atoms with Crippen molar-refractivity contribution in [1.82, 2.24) is 9.97 Å². The van der Waals surface area contributed by atoms with Crippen LogP contribution in [-0.4, -0.2) is 41.8 Å². The van der Waals surface area contributed by atoms with Crippen molar-refractivity contribution in [2.24, 2.45) is 23.2 Å². The lowest BCUT2D eigenvalue weighted by Crippen LogP contribution is -2.62. The highest BCUT2D eigenvalue weighted by atomic mass is 32.2. The number of hydrogen-bond donors (Lipinski definition) is 1. The first-order chi connectivity index (χ1) is 12.7. The zero-order valence-corrected chi connectivity index (χ0v) is 15.8. The van der Waals surface area contributed by atoms with Gasteiger partial charge in [-0.1, -0.05) is 11.8 Å². The lowest BCUT2D eigenvalue weighted by atomic mass is 9.47. The Labute approximate surface area is 158 Å². The van der Waals surface area contributed by atoms with Crippen LogP contribution < -0.4 is 5.32 Å². The third-order valence-corrected chi connectivity index (χ3v) is 7.46. The van der Waals surface area contributed by atoms with Gasteiger partial charge in [0.05, 0.1) is 19.4 Å². The topological polar surface area (TPSA) is 80.1 Å². The van der Waals surface area contributed by atoms with Gasteiger partial charge in [-0.25, -0.2) is 9.97 Å². The van der Waals surface area contributed by atoms with Gasteiger partial charge in [-0.15, -0.1) is 0 Å². The van der Waals surface area contributed by atoms with Gasteiger partial charge in [-0.3, -0.25) is 0 Å². The number of hydrogen-bond acceptors (Lipinski definition) is 7. The number of nitriles is 1. The maximum absolute atomic E-state index is 9.37. The molecule has 2 heterocycles. The highest BCUT2D eigenvalue weighted by molar-refractivity contribution is 7.98. The molecule has 6 rings (SSSR count). The Balaban J connectivity index is 1.37.